The topological polar surface area (TPSA) is 83.0 Å². The summed E-state index contributed by atoms with van der Waals surface area (Å²) >= 11 is 0. The van der Waals surface area contributed by atoms with Crippen molar-refractivity contribution in [2.75, 3.05) is 31.1 Å². The Morgan fingerprint density at radius 2 is 1.87 bits per heavy atom. The van der Waals surface area contributed by atoms with Gasteiger partial charge in [0.05, 0.1) is 18.3 Å². The zero-order chi connectivity index (χ0) is 17.0. The molecule has 7 nitrogen and oxygen atoms in total. The highest BCUT2D eigenvalue weighted by Gasteiger charge is 2.26. The van der Waals surface area contributed by atoms with Crippen molar-refractivity contribution in [2.24, 2.45) is 0 Å². The van der Waals surface area contributed by atoms with Crippen LogP contribution >= 0.6 is 0 Å². The normalized spacial score (nSPS) is 15.4. The highest BCUT2D eigenvalue weighted by Crippen LogP contribution is 2.18. The van der Waals surface area contributed by atoms with Crippen LogP contribution in [0.3, 0.4) is 0 Å². The monoisotopic (exact) mass is 321 g/mol. The molecule has 0 radical (unpaired) electrons. The Kier molecular flexibility index (Phi) is 5.08. The van der Waals surface area contributed by atoms with E-state index in [1.807, 2.05) is 26.8 Å². The number of anilines is 1. The zero-order valence-electron chi connectivity index (χ0n) is 13.8. The molecular formula is C16H23N3O4. The van der Waals surface area contributed by atoms with Crippen molar-refractivity contribution < 1.29 is 19.4 Å². The van der Waals surface area contributed by atoms with Crippen molar-refractivity contribution in [3.63, 3.8) is 0 Å². The highest BCUT2D eigenvalue weighted by molar-refractivity contribution is 5.71. The van der Waals surface area contributed by atoms with Crippen molar-refractivity contribution >= 4 is 17.7 Å². The van der Waals surface area contributed by atoms with Gasteiger partial charge in [-0.2, -0.15) is 0 Å². The van der Waals surface area contributed by atoms with Gasteiger partial charge in [0, 0.05) is 32.4 Å². The molecule has 0 spiro atoms. The van der Waals surface area contributed by atoms with Gasteiger partial charge >= 0.3 is 12.1 Å². The summed E-state index contributed by atoms with van der Waals surface area (Å²) in [6.45, 7) is 8.01. The van der Waals surface area contributed by atoms with Gasteiger partial charge in [0.1, 0.15) is 5.60 Å². The molecule has 1 aliphatic heterocycles. The van der Waals surface area contributed by atoms with Crippen LogP contribution in [0.5, 0.6) is 0 Å². The highest BCUT2D eigenvalue weighted by atomic mass is 16.6. The molecule has 0 atom stereocenters. The molecule has 23 heavy (non-hydrogen) atoms. The van der Waals surface area contributed by atoms with Crippen molar-refractivity contribution in [2.45, 2.75) is 32.8 Å². The summed E-state index contributed by atoms with van der Waals surface area (Å²) in [6, 6.07) is 1.84. The minimum absolute atomic E-state index is 0.0429. The summed E-state index contributed by atoms with van der Waals surface area (Å²) in [5.74, 6) is -0.876. The molecule has 1 saturated heterocycles. The fourth-order valence-corrected chi connectivity index (χ4v) is 2.39. The standard InChI is InChI=1S/C16H23N3O4/c1-16(2,3)23-15(22)19-6-4-18(5-7-19)13-8-12(9-14(20)21)10-17-11-13/h8,10-11H,4-7,9H2,1-3H3,(H,20,21). The van der Waals surface area contributed by atoms with Crippen molar-refractivity contribution in [3.05, 3.63) is 24.0 Å². The third-order valence-electron chi connectivity index (χ3n) is 3.43. The number of rotatable bonds is 3. The van der Waals surface area contributed by atoms with Gasteiger partial charge in [-0.1, -0.05) is 0 Å². The fraction of sp³-hybridized carbons (Fsp3) is 0.562. The number of piperazine rings is 1. The van der Waals surface area contributed by atoms with Crippen molar-refractivity contribution in [3.8, 4) is 0 Å². The van der Waals surface area contributed by atoms with Gasteiger partial charge in [-0.15, -0.1) is 0 Å². The molecule has 0 aliphatic carbocycles. The summed E-state index contributed by atoms with van der Waals surface area (Å²) in [5.41, 5.74) is 1.06. The Balaban J connectivity index is 1.94. The van der Waals surface area contributed by atoms with Crippen LogP contribution < -0.4 is 4.90 Å². The van der Waals surface area contributed by atoms with E-state index in [2.05, 4.69) is 9.88 Å². The molecule has 7 heteroatoms. The molecule has 1 amide bonds. The maximum absolute atomic E-state index is 12.0. The van der Waals surface area contributed by atoms with Gasteiger partial charge < -0.3 is 19.6 Å². The first-order valence-corrected chi connectivity index (χ1v) is 7.63. The van der Waals surface area contributed by atoms with Gasteiger partial charge in [-0.05, 0) is 32.4 Å². The Morgan fingerprint density at radius 3 is 2.43 bits per heavy atom. The predicted octanol–water partition coefficient (Wildman–Crippen LogP) is 1.77. The molecule has 1 N–H and O–H groups in total. The molecule has 0 bridgehead atoms. The molecule has 1 aliphatic rings. The number of amides is 1. The number of carbonyl (C=O) groups is 2. The first-order chi connectivity index (χ1) is 10.7. The molecule has 0 unspecified atom stereocenters. The average Bonchev–Trinajstić information content (AvgIpc) is 2.45. The van der Waals surface area contributed by atoms with Crippen molar-refractivity contribution in [1.82, 2.24) is 9.88 Å². The number of aromatic nitrogens is 1. The smallest absolute Gasteiger partial charge is 0.410 e. The van der Waals surface area contributed by atoms with Gasteiger partial charge in [-0.25, -0.2) is 4.79 Å². The first-order valence-electron chi connectivity index (χ1n) is 7.63. The summed E-state index contributed by atoms with van der Waals surface area (Å²) in [5, 5.41) is 8.86. The lowest BCUT2D eigenvalue weighted by Crippen LogP contribution is -2.50. The SMILES string of the molecule is CC(C)(C)OC(=O)N1CCN(c2cncc(CC(=O)O)c2)CC1. The lowest BCUT2D eigenvalue weighted by atomic mass is 10.2. The van der Waals surface area contributed by atoms with Crippen LogP contribution in [0, 0.1) is 0 Å². The van der Waals surface area contributed by atoms with Crippen LogP contribution in [0.1, 0.15) is 26.3 Å². The number of hydrogen-bond donors (Lipinski definition) is 1. The van der Waals surface area contributed by atoms with Crippen LogP contribution in [-0.4, -0.2) is 58.8 Å². The Bertz CT molecular complexity index is 575. The quantitative estimate of drug-likeness (QED) is 0.913. The number of nitrogens with zero attached hydrogens (tertiary/aromatic N) is 3. The van der Waals surface area contributed by atoms with Crippen LogP contribution in [0.4, 0.5) is 10.5 Å². The molecule has 1 fully saturated rings. The molecular weight excluding hydrogens is 298 g/mol. The molecule has 126 valence electrons. The summed E-state index contributed by atoms with van der Waals surface area (Å²) in [4.78, 5) is 30.7. The van der Waals surface area contributed by atoms with E-state index in [4.69, 9.17) is 9.84 Å². The van der Waals surface area contributed by atoms with E-state index in [1.54, 1.807) is 17.3 Å². The number of carbonyl (C=O) groups excluding carboxylic acids is 1. The third kappa shape index (κ3) is 5.12. The summed E-state index contributed by atoms with van der Waals surface area (Å²) < 4.78 is 5.37. The average molecular weight is 321 g/mol. The lowest BCUT2D eigenvalue weighted by Gasteiger charge is -2.36. The number of aliphatic carboxylic acids is 1. The van der Waals surface area contributed by atoms with E-state index in [0.29, 0.717) is 31.7 Å². The van der Waals surface area contributed by atoms with Gasteiger partial charge in [0.15, 0.2) is 0 Å². The van der Waals surface area contributed by atoms with Crippen LogP contribution in [-0.2, 0) is 16.0 Å². The van der Waals surface area contributed by atoms with E-state index in [-0.39, 0.29) is 12.5 Å². The Morgan fingerprint density at radius 1 is 1.22 bits per heavy atom. The Labute approximate surface area is 135 Å². The number of pyridine rings is 1. The van der Waals surface area contributed by atoms with E-state index >= 15 is 0 Å². The number of carboxylic acid groups (broad SMARTS) is 1. The molecule has 0 aromatic carbocycles. The van der Waals surface area contributed by atoms with Crippen molar-refractivity contribution in [1.29, 1.82) is 0 Å². The number of ether oxygens (including phenoxy) is 1. The minimum Gasteiger partial charge on any atom is -0.481 e. The predicted molar refractivity (Wildman–Crippen MR) is 85.6 cm³/mol. The molecule has 2 heterocycles. The molecule has 0 saturated carbocycles. The lowest BCUT2D eigenvalue weighted by molar-refractivity contribution is -0.136. The van der Waals surface area contributed by atoms with Crippen LogP contribution in [0.2, 0.25) is 0 Å². The largest absolute Gasteiger partial charge is 0.481 e. The maximum atomic E-state index is 12.0. The van der Waals surface area contributed by atoms with E-state index in [9.17, 15) is 9.59 Å². The van der Waals surface area contributed by atoms with E-state index in [0.717, 1.165) is 5.69 Å². The molecule has 1 aromatic heterocycles. The second kappa shape index (κ2) is 6.85. The van der Waals surface area contributed by atoms with E-state index in [1.165, 1.54) is 0 Å². The maximum Gasteiger partial charge on any atom is 0.410 e. The summed E-state index contributed by atoms with van der Waals surface area (Å²) in [7, 11) is 0. The number of hydrogen-bond acceptors (Lipinski definition) is 5. The third-order valence-corrected chi connectivity index (χ3v) is 3.43. The summed E-state index contributed by atoms with van der Waals surface area (Å²) in [6.07, 6.45) is 2.94. The Hall–Kier alpha value is -2.31. The van der Waals surface area contributed by atoms with E-state index < -0.39 is 11.6 Å². The minimum atomic E-state index is -0.876. The fourth-order valence-electron chi connectivity index (χ4n) is 2.39. The van der Waals surface area contributed by atoms with Gasteiger partial charge in [0.25, 0.3) is 0 Å². The molecule has 2 rings (SSSR count). The second-order valence-corrected chi connectivity index (χ2v) is 6.58. The zero-order valence-corrected chi connectivity index (χ0v) is 13.8. The van der Waals surface area contributed by atoms with Crippen LogP contribution in [0.15, 0.2) is 18.5 Å². The number of carboxylic acids is 1. The first kappa shape index (κ1) is 17.1. The van der Waals surface area contributed by atoms with Gasteiger partial charge in [-0.3, -0.25) is 9.78 Å². The molecule has 1 aromatic rings. The second-order valence-electron chi connectivity index (χ2n) is 6.58. The van der Waals surface area contributed by atoms with Gasteiger partial charge in [0.2, 0.25) is 0 Å². The van der Waals surface area contributed by atoms with Crippen LogP contribution in [0.25, 0.3) is 0 Å².